The van der Waals surface area contributed by atoms with E-state index in [4.69, 9.17) is 32.3 Å². The Morgan fingerprint density at radius 1 is 1.59 bits per heavy atom. The van der Waals surface area contributed by atoms with Gasteiger partial charge in [-0.25, -0.2) is 0 Å². The number of methoxy groups -OCH3 is 1. The molecule has 22 heavy (non-hydrogen) atoms. The minimum absolute atomic E-state index is 0.179. The van der Waals surface area contributed by atoms with Crippen molar-refractivity contribution in [2.24, 2.45) is 10.9 Å². The lowest BCUT2D eigenvalue weighted by molar-refractivity contribution is 0.171. The van der Waals surface area contributed by atoms with Crippen LogP contribution in [0.25, 0.3) is 0 Å². The predicted octanol–water partition coefficient (Wildman–Crippen LogP) is 0.695. The molecule has 1 aliphatic heterocycles. The Morgan fingerprint density at radius 2 is 2.36 bits per heavy atom. The molecule has 120 valence electrons. The van der Waals surface area contributed by atoms with E-state index >= 15 is 0 Å². The van der Waals surface area contributed by atoms with Crippen LogP contribution in [0.5, 0.6) is 17.2 Å². The molecule has 0 aromatic heterocycles. The molecule has 0 radical (unpaired) electrons. The Hall–Kier alpha value is -2.22. The molecule has 0 saturated carbocycles. The van der Waals surface area contributed by atoms with Gasteiger partial charge in [0.05, 0.1) is 13.3 Å². The fourth-order valence-corrected chi connectivity index (χ4v) is 2.37. The van der Waals surface area contributed by atoms with Crippen LogP contribution < -0.4 is 25.4 Å². The van der Waals surface area contributed by atoms with E-state index in [1.54, 1.807) is 20.4 Å². The van der Waals surface area contributed by atoms with Gasteiger partial charge in [-0.3, -0.25) is 0 Å². The summed E-state index contributed by atoms with van der Waals surface area (Å²) in [6.45, 7) is 0.909. The lowest BCUT2D eigenvalue weighted by Crippen LogP contribution is -2.36. The molecule has 2 rings (SSSR count). The van der Waals surface area contributed by atoms with Crippen molar-refractivity contribution in [1.82, 2.24) is 10.2 Å². The number of hydrazone groups is 1. The van der Waals surface area contributed by atoms with Crippen molar-refractivity contribution >= 4 is 23.5 Å². The lowest BCUT2D eigenvalue weighted by Gasteiger charge is -2.20. The van der Waals surface area contributed by atoms with E-state index in [0.717, 1.165) is 24.1 Å². The van der Waals surface area contributed by atoms with Gasteiger partial charge in [-0.15, -0.1) is 0 Å². The largest absolute Gasteiger partial charge is 0.492 e. The maximum atomic E-state index is 5.46. The minimum atomic E-state index is 0.179. The number of hydrogen-bond acceptors (Lipinski definition) is 6. The minimum Gasteiger partial charge on any atom is -0.492 e. The fraction of sp³-hybridized carbons (Fsp3) is 0.429. The molecule has 0 bridgehead atoms. The number of fused-ring (bicyclic) bond motifs is 1. The van der Waals surface area contributed by atoms with Crippen molar-refractivity contribution in [1.29, 1.82) is 0 Å². The summed E-state index contributed by atoms with van der Waals surface area (Å²) in [5.41, 5.74) is 1.79. The maximum absolute atomic E-state index is 5.46. The normalized spacial score (nSPS) is 12.5. The summed E-state index contributed by atoms with van der Waals surface area (Å²) < 4.78 is 16.4. The molecular formula is C14H20N4O3S. The van der Waals surface area contributed by atoms with E-state index in [2.05, 4.69) is 10.4 Å². The van der Waals surface area contributed by atoms with Gasteiger partial charge in [0.1, 0.15) is 0 Å². The third-order valence-electron chi connectivity index (χ3n) is 3.43. The van der Waals surface area contributed by atoms with E-state index in [-0.39, 0.29) is 6.79 Å². The Bertz CT molecular complexity index is 592. The average Bonchev–Trinajstić information content (AvgIpc) is 2.99. The van der Waals surface area contributed by atoms with E-state index in [1.807, 2.05) is 18.0 Å². The van der Waals surface area contributed by atoms with Crippen LogP contribution in [-0.4, -0.2) is 50.8 Å². The quantitative estimate of drug-likeness (QED) is 0.357. The van der Waals surface area contributed by atoms with E-state index in [1.165, 1.54) is 0 Å². The number of nitrogens with one attached hydrogen (secondary N) is 1. The SMILES string of the molecule is CNC(=S)N(C)CCc1cc2c(c(OC)c1C=NN)OCO2. The topological polar surface area (TPSA) is 81.3 Å². The monoisotopic (exact) mass is 324 g/mol. The number of thiocarbonyl (C=S) groups is 1. The Labute approximate surface area is 135 Å². The molecule has 7 nitrogen and oxygen atoms in total. The smallest absolute Gasteiger partial charge is 0.231 e. The van der Waals surface area contributed by atoms with Gasteiger partial charge in [-0.2, -0.15) is 5.10 Å². The van der Waals surface area contributed by atoms with Crippen LogP contribution in [0.4, 0.5) is 0 Å². The van der Waals surface area contributed by atoms with Gasteiger partial charge in [0.15, 0.2) is 16.6 Å². The van der Waals surface area contributed by atoms with Crippen LogP contribution in [0.1, 0.15) is 11.1 Å². The van der Waals surface area contributed by atoms with Crippen molar-refractivity contribution in [3.05, 3.63) is 17.2 Å². The number of nitrogens with two attached hydrogens (primary N) is 1. The van der Waals surface area contributed by atoms with Gasteiger partial charge in [0.25, 0.3) is 0 Å². The van der Waals surface area contributed by atoms with Gasteiger partial charge >= 0.3 is 0 Å². The van der Waals surface area contributed by atoms with E-state index < -0.39 is 0 Å². The average molecular weight is 324 g/mol. The summed E-state index contributed by atoms with van der Waals surface area (Å²) in [4.78, 5) is 1.95. The van der Waals surface area contributed by atoms with Crippen LogP contribution in [-0.2, 0) is 6.42 Å². The standard InChI is InChI=1S/C14H20N4O3S/c1-16-14(22)18(2)5-4-9-6-11-13(21-8-20-11)12(19-3)10(9)7-17-15/h6-7H,4-5,8,15H2,1-3H3,(H,16,22). The first-order chi connectivity index (χ1) is 10.6. The van der Waals surface area contributed by atoms with Gasteiger partial charge in [-0.1, -0.05) is 0 Å². The zero-order valence-electron chi connectivity index (χ0n) is 12.9. The molecule has 0 fully saturated rings. The zero-order chi connectivity index (χ0) is 16.1. The van der Waals surface area contributed by atoms with Crippen LogP contribution in [0.15, 0.2) is 11.2 Å². The molecule has 0 saturated heterocycles. The molecule has 1 aliphatic rings. The van der Waals surface area contributed by atoms with Crippen molar-refractivity contribution in [3.63, 3.8) is 0 Å². The molecule has 8 heteroatoms. The summed E-state index contributed by atoms with van der Waals surface area (Å²) in [5, 5.41) is 7.25. The van der Waals surface area contributed by atoms with Gasteiger partial charge < -0.3 is 30.3 Å². The summed E-state index contributed by atoms with van der Waals surface area (Å²) >= 11 is 5.20. The summed E-state index contributed by atoms with van der Waals surface area (Å²) in [5.74, 6) is 7.16. The number of benzene rings is 1. The van der Waals surface area contributed by atoms with Crippen molar-refractivity contribution in [2.75, 3.05) is 34.5 Å². The van der Waals surface area contributed by atoms with Gasteiger partial charge in [0, 0.05) is 26.2 Å². The highest BCUT2D eigenvalue weighted by atomic mass is 32.1. The Kier molecular flexibility index (Phi) is 5.26. The maximum Gasteiger partial charge on any atom is 0.231 e. The molecule has 0 aliphatic carbocycles. The van der Waals surface area contributed by atoms with Crippen molar-refractivity contribution in [3.8, 4) is 17.2 Å². The van der Waals surface area contributed by atoms with Crippen LogP contribution >= 0.6 is 12.2 Å². The van der Waals surface area contributed by atoms with Crippen molar-refractivity contribution in [2.45, 2.75) is 6.42 Å². The molecule has 1 heterocycles. The first-order valence-electron chi connectivity index (χ1n) is 6.78. The van der Waals surface area contributed by atoms with Gasteiger partial charge in [-0.05, 0) is 30.3 Å². The number of rotatable bonds is 5. The summed E-state index contributed by atoms with van der Waals surface area (Å²) in [7, 11) is 5.31. The molecule has 1 aromatic carbocycles. The van der Waals surface area contributed by atoms with Gasteiger partial charge in [0.2, 0.25) is 12.5 Å². The molecule has 0 unspecified atom stereocenters. The summed E-state index contributed by atoms with van der Waals surface area (Å²) in [6, 6.07) is 1.93. The molecular weight excluding hydrogens is 304 g/mol. The molecule has 1 aromatic rings. The first kappa shape index (κ1) is 16.2. The highest BCUT2D eigenvalue weighted by Crippen LogP contribution is 2.44. The molecule has 0 spiro atoms. The number of likely N-dealkylation sites (N-methyl/N-ethyl adjacent to an activating group) is 1. The number of ether oxygens (including phenoxy) is 3. The lowest BCUT2D eigenvalue weighted by atomic mass is 10.0. The Balaban J connectivity index is 2.32. The first-order valence-corrected chi connectivity index (χ1v) is 7.18. The molecule has 3 N–H and O–H groups in total. The molecule has 0 amide bonds. The second-order valence-corrected chi connectivity index (χ2v) is 5.11. The van der Waals surface area contributed by atoms with Crippen LogP contribution in [0.2, 0.25) is 0 Å². The fourth-order valence-electron chi connectivity index (χ4n) is 2.28. The second kappa shape index (κ2) is 7.17. The third kappa shape index (κ3) is 3.16. The number of nitrogens with zero attached hydrogens (tertiary/aromatic N) is 2. The number of hydrogen-bond donors (Lipinski definition) is 2. The highest BCUT2D eigenvalue weighted by molar-refractivity contribution is 7.80. The van der Waals surface area contributed by atoms with Crippen LogP contribution in [0.3, 0.4) is 0 Å². The Morgan fingerprint density at radius 3 is 3.00 bits per heavy atom. The van der Waals surface area contributed by atoms with Crippen molar-refractivity contribution < 1.29 is 14.2 Å². The second-order valence-electron chi connectivity index (χ2n) is 4.72. The van der Waals surface area contributed by atoms with Crippen LogP contribution in [0, 0.1) is 0 Å². The summed E-state index contributed by atoms with van der Waals surface area (Å²) in [6.07, 6.45) is 2.29. The molecule has 0 atom stereocenters. The third-order valence-corrected chi connectivity index (χ3v) is 3.94. The predicted molar refractivity (Wildman–Crippen MR) is 88.9 cm³/mol. The van der Waals surface area contributed by atoms with E-state index in [9.17, 15) is 0 Å². The zero-order valence-corrected chi connectivity index (χ0v) is 13.7. The highest BCUT2D eigenvalue weighted by Gasteiger charge is 2.24. The van der Waals surface area contributed by atoms with E-state index in [0.29, 0.717) is 22.4 Å².